The van der Waals surface area contributed by atoms with Gasteiger partial charge in [-0.15, -0.1) is 11.3 Å². The largest absolute Gasteiger partial charge is 0.395 e. The molecule has 2 aliphatic rings. The first-order valence-corrected chi connectivity index (χ1v) is 8.67. The lowest BCUT2D eigenvalue weighted by Crippen LogP contribution is -2.46. The van der Waals surface area contributed by atoms with E-state index in [0.29, 0.717) is 0 Å². The minimum atomic E-state index is 0.277. The van der Waals surface area contributed by atoms with Gasteiger partial charge in [-0.3, -0.25) is 9.80 Å². The van der Waals surface area contributed by atoms with Gasteiger partial charge in [-0.2, -0.15) is 0 Å². The van der Waals surface area contributed by atoms with E-state index in [1.807, 2.05) is 11.3 Å². The van der Waals surface area contributed by atoms with Crippen molar-refractivity contribution in [2.75, 3.05) is 39.3 Å². The summed E-state index contributed by atoms with van der Waals surface area (Å²) in [6.45, 7) is 6.52. The third-order valence-electron chi connectivity index (χ3n) is 4.54. The Hall–Kier alpha value is -0.490. The third kappa shape index (κ3) is 3.58. The van der Waals surface area contributed by atoms with Crippen molar-refractivity contribution in [2.45, 2.75) is 38.1 Å². The summed E-state index contributed by atoms with van der Waals surface area (Å²) in [6.07, 6.45) is 7.54. The van der Waals surface area contributed by atoms with Gasteiger partial charge in [-0.05, 0) is 12.8 Å². The van der Waals surface area contributed by atoms with Crippen molar-refractivity contribution in [1.82, 2.24) is 14.8 Å². The number of thiazole rings is 1. The number of aliphatic hydroxyl groups is 1. The van der Waals surface area contributed by atoms with Crippen molar-refractivity contribution < 1.29 is 5.11 Å². The molecule has 0 spiro atoms. The second-order valence-electron chi connectivity index (χ2n) is 5.99. The lowest BCUT2D eigenvalue weighted by atomic mass is 10.1. The molecule has 1 saturated heterocycles. The van der Waals surface area contributed by atoms with Crippen LogP contribution in [0.15, 0.2) is 6.20 Å². The van der Waals surface area contributed by atoms with Crippen molar-refractivity contribution >= 4 is 11.3 Å². The predicted molar refractivity (Wildman–Crippen MR) is 82.1 cm³/mol. The van der Waals surface area contributed by atoms with Crippen LogP contribution in [-0.2, 0) is 6.54 Å². The molecular weight excluding hydrogens is 270 g/mol. The van der Waals surface area contributed by atoms with E-state index in [-0.39, 0.29) is 6.61 Å². The standard InChI is InChI=1S/C15H25N3OS/c19-10-9-17-5-7-18(8-6-17)12-14-11-16-15(20-14)13-3-1-2-4-13/h11,13,19H,1-10,12H2. The number of piperazine rings is 1. The minimum Gasteiger partial charge on any atom is -0.395 e. The zero-order valence-electron chi connectivity index (χ0n) is 12.1. The minimum absolute atomic E-state index is 0.277. The van der Waals surface area contributed by atoms with Gasteiger partial charge in [0.05, 0.1) is 11.6 Å². The molecule has 0 atom stereocenters. The smallest absolute Gasteiger partial charge is 0.0959 e. The Morgan fingerprint density at radius 3 is 2.55 bits per heavy atom. The Bertz CT molecular complexity index is 409. The fraction of sp³-hybridized carbons (Fsp3) is 0.800. The number of rotatable bonds is 5. The number of nitrogens with zero attached hydrogens (tertiary/aromatic N) is 3. The summed E-state index contributed by atoms with van der Waals surface area (Å²) < 4.78 is 0. The van der Waals surface area contributed by atoms with Crippen LogP contribution in [0.3, 0.4) is 0 Å². The van der Waals surface area contributed by atoms with Gasteiger partial charge in [0.15, 0.2) is 0 Å². The molecule has 1 aromatic heterocycles. The van der Waals surface area contributed by atoms with Crippen molar-refractivity contribution in [3.8, 4) is 0 Å². The summed E-state index contributed by atoms with van der Waals surface area (Å²) >= 11 is 1.93. The highest BCUT2D eigenvalue weighted by Crippen LogP contribution is 2.36. The van der Waals surface area contributed by atoms with Gasteiger partial charge < -0.3 is 5.11 Å². The summed E-state index contributed by atoms with van der Waals surface area (Å²) in [5.41, 5.74) is 0. The van der Waals surface area contributed by atoms with Gasteiger partial charge in [-0.25, -0.2) is 4.98 Å². The first kappa shape index (κ1) is 14.4. The summed E-state index contributed by atoms with van der Waals surface area (Å²) in [7, 11) is 0. The van der Waals surface area contributed by atoms with Crippen molar-refractivity contribution in [3.05, 3.63) is 16.1 Å². The topological polar surface area (TPSA) is 39.6 Å². The molecule has 0 aromatic carbocycles. The zero-order valence-corrected chi connectivity index (χ0v) is 12.9. The van der Waals surface area contributed by atoms with Crippen molar-refractivity contribution in [1.29, 1.82) is 0 Å². The molecule has 0 bridgehead atoms. The van der Waals surface area contributed by atoms with Crippen LogP contribution in [0.1, 0.15) is 41.5 Å². The monoisotopic (exact) mass is 295 g/mol. The molecule has 1 aliphatic carbocycles. The molecule has 1 aromatic rings. The van der Waals surface area contributed by atoms with E-state index in [9.17, 15) is 0 Å². The second kappa shape index (κ2) is 6.98. The second-order valence-corrected chi connectivity index (χ2v) is 7.13. The van der Waals surface area contributed by atoms with Crippen LogP contribution in [0.5, 0.6) is 0 Å². The lowest BCUT2D eigenvalue weighted by molar-refractivity contribution is 0.109. The Kier molecular flexibility index (Phi) is 5.04. The number of aliphatic hydroxyl groups excluding tert-OH is 1. The molecule has 1 aliphatic heterocycles. The molecule has 0 radical (unpaired) electrons. The van der Waals surface area contributed by atoms with Crippen molar-refractivity contribution in [3.63, 3.8) is 0 Å². The van der Waals surface area contributed by atoms with Crippen LogP contribution in [0.2, 0.25) is 0 Å². The average Bonchev–Trinajstić information content (AvgIpc) is 3.12. The first-order valence-electron chi connectivity index (χ1n) is 7.85. The van der Waals surface area contributed by atoms with Gasteiger partial charge in [0.1, 0.15) is 0 Å². The highest BCUT2D eigenvalue weighted by Gasteiger charge is 2.21. The van der Waals surface area contributed by atoms with Gasteiger partial charge in [0, 0.05) is 56.3 Å². The molecule has 112 valence electrons. The highest BCUT2D eigenvalue weighted by atomic mass is 32.1. The first-order chi connectivity index (χ1) is 9.85. The van der Waals surface area contributed by atoms with E-state index in [0.717, 1.165) is 45.2 Å². The quantitative estimate of drug-likeness (QED) is 0.901. The SMILES string of the molecule is OCCN1CCN(Cc2cnc(C3CCCC3)s2)CC1. The maximum atomic E-state index is 8.96. The normalized spacial score (nSPS) is 22.6. The summed E-state index contributed by atoms with van der Waals surface area (Å²) in [5.74, 6) is 0.746. The molecule has 0 unspecified atom stereocenters. The summed E-state index contributed by atoms with van der Waals surface area (Å²) in [6, 6.07) is 0. The molecule has 5 heteroatoms. The van der Waals surface area contributed by atoms with E-state index in [4.69, 9.17) is 5.11 Å². The maximum Gasteiger partial charge on any atom is 0.0959 e. The number of β-amino-alcohol motifs (C(OH)–C–C–N with tert-alkyl or cyclic N) is 1. The molecule has 4 nitrogen and oxygen atoms in total. The van der Waals surface area contributed by atoms with Crippen LogP contribution >= 0.6 is 11.3 Å². The fourth-order valence-corrected chi connectivity index (χ4v) is 4.42. The third-order valence-corrected chi connectivity index (χ3v) is 5.68. The van der Waals surface area contributed by atoms with Crippen LogP contribution in [-0.4, -0.2) is 59.2 Å². The lowest BCUT2D eigenvalue weighted by Gasteiger charge is -2.33. The molecular formula is C15H25N3OS. The number of hydrogen-bond acceptors (Lipinski definition) is 5. The van der Waals surface area contributed by atoms with E-state index in [1.165, 1.54) is 35.6 Å². The predicted octanol–water partition coefficient (Wildman–Crippen LogP) is 1.91. The van der Waals surface area contributed by atoms with Crippen LogP contribution in [0.25, 0.3) is 0 Å². The highest BCUT2D eigenvalue weighted by molar-refractivity contribution is 7.11. The number of aromatic nitrogens is 1. The Labute approximate surface area is 125 Å². The van der Waals surface area contributed by atoms with Crippen LogP contribution < -0.4 is 0 Å². The van der Waals surface area contributed by atoms with Gasteiger partial charge in [0.2, 0.25) is 0 Å². The summed E-state index contributed by atoms with van der Waals surface area (Å²) in [5, 5.41) is 10.3. The van der Waals surface area contributed by atoms with E-state index >= 15 is 0 Å². The van der Waals surface area contributed by atoms with Gasteiger partial charge in [0.25, 0.3) is 0 Å². The Morgan fingerprint density at radius 2 is 1.85 bits per heavy atom. The van der Waals surface area contributed by atoms with E-state index in [2.05, 4.69) is 21.0 Å². The van der Waals surface area contributed by atoms with Crippen molar-refractivity contribution in [2.24, 2.45) is 0 Å². The van der Waals surface area contributed by atoms with Crippen LogP contribution in [0, 0.1) is 0 Å². The molecule has 1 N–H and O–H groups in total. The molecule has 1 saturated carbocycles. The average molecular weight is 295 g/mol. The summed E-state index contributed by atoms with van der Waals surface area (Å²) in [4.78, 5) is 10.9. The maximum absolute atomic E-state index is 8.96. The molecule has 20 heavy (non-hydrogen) atoms. The van der Waals surface area contributed by atoms with Gasteiger partial charge in [-0.1, -0.05) is 12.8 Å². The molecule has 3 rings (SSSR count). The van der Waals surface area contributed by atoms with Gasteiger partial charge >= 0.3 is 0 Å². The fourth-order valence-electron chi connectivity index (χ4n) is 3.29. The Morgan fingerprint density at radius 1 is 1.15 bits per heavy atom. The van der Waals surface area contributed by atoms with E-state index in [1.54, 1.807) is 0 Å². The van der Waals surface area contributed by atoms with E-state index < -0.39 is 0 Å². The van der Waals surface area contributed by atoms with Crippen LogP contribution in [0.4, 0.5) is 0 Å². The molecule has 2 fully saturated rings. The zero-order chi connectivity index (χ0) is 13.8. The molecule has 2 heterocycles. The number of hydrogen-bond donors (Lipinski definition) is 1. The molecule has 0 amide bonds. The Balaban J connectivity index is 1.49.